The molecular formula is C52H65Cl4N5O17. The first kappa shape index (κ1) is 65.1. The van der Waals surface area contributed by atoms with E-state index in [2.05, 4.69) is 21.3 Å². The Bertz CT molecular complexity index is 2360. The van der Waals surface area contributed by atoms with E-state index in [9.17, 15) is 38.7 Å². The minimum absolute atomic E-state index is 0.0309. The first-order chi connectivity index (χ1) is 37.7. The van der Waals surface area contributed by atoms with Crippen molar-refractivity contribution < 1.29 is 81.3 Å². The van der Waals surface area contributed by atoms with Gasteiger partial charge in [0.25, 0.3) is 23.6 Å². The minimum atomic E-state index is -1.35. The fraction of sp³-hybridized carbons (Fsp3) is 0.481. The molecule has 0 bridgehead atoms. The third kappa shape index (κ3) is 26.0. The summed E-state index contributed by atoms with van der Waals surface area (Å²) in [7, 11) is 0. The molecular weight excluding hydrogens is 1110 g/mol. The van der Waals surface area contributed by atoms with E-state index in [0.29, 0.717) is 130 Å². The van der Waals surface area contributed by atoms with Gasteiger partial charge in [0.05, 0.1) is 144 Å². The van der Waals surface area contributed by atoms with Crippen LogP contribution in [0.25, 0.3) is 0 Å². The fourth-order valence-corrected chi connectivity index (χ4v) is 7.96. The Morgan fingerprint density at radius 2 is 0.974 bits per heavy atom. The molecule has 1 heterocycles. The number of ether oxygens (including phenoxy) is 9. The van der Waals surface area contributed by atoms with E-state index >= 15 is 0 Å². The number of anilines is 1. The van der Waals surface area contributed by atoms with E-state index in [1.165, 1.54) is 24.3 Å². The van der Waals surface area contributed by atoms with Crippen LogP contribution in [0.15, 0.2) is 66.7 Å². The minimum Gasteiger partial charge on any atom is -0.493 e. The monoisotopic (exact) mass is 1170 g/mol. The number of halogens is 4. The maximum absolute atomic E-state index is 13.2. The molecule has 0 aromatic heterocycles. The lowest BCUT2D eigenvalue weighted by Gasteiger charge is -2.17. The highest BCUT2D eigenvalue weighted by Gasteiger charge is 2.26. The van der Waals surface area contributed by atoms with Crippen LogP contribution in [0.3, 0.4) is 0 Å². The van der Waals surface area contributed by atoms with Crippen molar-refractivity contribution in [1.82, 2.24) is 20.9 Å². The molecule has 0 saturated carbocycles. The molecule has 1 aliphatic heterocycles. The number of carbonyl (C=O) groups excluding carboxylic acids is 6. The summed E-state index contributed by atoms with van der Waals surface area (Å²) in [4.78, 5) is 86.1. The molecule has 0 aliphatic carbocycles. The van der Waals surface area contributed by atoms with E-state index in [1.807, 2.05) is 0 Å². The van der Waals surface area contributed by atoms with Crippen LogP contribution in [0.2, 0.25) is 20.1 Å². The number of nitrogens with one attached hydrogen (secondary N) is 4. The van der Waals surface area contributed by atoms with Crippen LogP contribution < -0.4 is 26.0 Å². The van der Waals surface area contributed by atoms with Crippen molar-refractivity contribution in [3.8, 4) is 5.75 Å². The average molecular weight is 1170 g/mol. The number of aliphatic carboxylic acids is 1. The second-order valence-electron chi connectivity index (χ2n) is 16.5. The van der Waals surface area contributed by atoms with Crippen molar-refractivity contribution in [1.29, 1.82) is 0 Å². The van der Waals surface area contributed by atoms with E-state index in [4.69, 9.17) is 89.0 Å². The van der Waals surface area contributed by atoms with Crippen LogP contribution >= 0.6 is 46.4 Å². The van der Waals surface area contributed by atoms with Crippen molar-refractivity contribution in [2.45, 2.75) is 31.7 Å². The van der Waals surface area contributed by atoms with Gasteiger partial charge in [-0.2, -0.15) is 0 Å². The number of hydrogen-bond donors (Lipinski definition) is 5. The summed E-state index contributed by atoms with van der Waals surface area (Å²) in [5.41, 5.74) is 0.948. The van der Waals surface area contributed by atoms with Crippen molar-refractivity contribution in [3.05, 3.63) is 104 Å². The Morgan fingerprint density at radius 1 is 0.526 bits per heavy atom. The molecule has 0 spiro atoms. The molecule has 1 unspecified atom stereocenters. The first-order valence-electron chi connectivity index (χ1n) is 24.9. The summed E-state index contributed by atoms with van der Waals surface area (Å²) in [6.45, 7) is 6.84. The smallest absolute Gasteiger partial charge is 0.326 e. The Balaban J connectivity index is 0.890. The summed E-state index contributed by atoms with van der Waals surface area (Å²) in [6.07, 6.45) is 2.91. The number of carbonyl (C=O) groups is 7. The van der Waals surface area contributed by atoms with Gasteiger partial charge in [0.1, 0.15) is 11.8 Å². The quantitative estimate of drug-likeness (QED) is 0.0376. The molecule has 6 amide bonds. The van der Waals surface area contributed by atoms with Gasteiger partial charge in [0.2, 0.25) is 11.8 Å². The van der Waals surface area contributed by atoms with Gasteiger partial charge in [-0.1, -0.05) is 64.6 Å². The molecule has 0 fully saturated rings. The topological polar surface area (TPSA) is 274 Å². The molecule has 26 heteroatoms. The van der Waals surface area contributed by atoms with Gasteiger partial charge in [-0.05, 0) is 48.4 Å². The zero-order chi connectivity index (χ0) is 56.3. The summed E-state index contributed by atoms with van der Waals surface area (Å²) in [5, 5.41) is 20.8. The van der Waals surface area contributed by atoms with Gasteiger partial charge in [0, 0.05) is 56.7 Å². The highest BCUT2D eigenvalue weighted by molar-refractivity contribution is 6.41. The molecule has 22 nitrogen and oxygen atoms in total. The molecule has 0 saturated heterocycles. The van der Waals surface area contributed by atoms with Gasteiger partial charge in [-0.15, -0.1) is 0 Å². The van der Waals surface area contributed by atoms with Crippen molar-refractivity contribution in [2.75, 3.05) is 137 Å². The fourth-order valence-electron chi connectivity index (χ4n) is 6.75. The first-order valence-corrected chi connectivity index (χ1v) is 26.4. The number of benzene rings is 3. The van der Waals surface area contributed by atoms with Gasteiger partial charge in [-0.3, -0.25) is 33.7 Å². The number of carboxylic acids is 1. The summed E-state index contributed by atoms with van der Waals surface area (Å²) >= 11 is 25.1. The van der Waals surface area contributed by atoms with Crippen molar-refractivity contribution in [2.24, 2.45) is 0 Å². The normalized spacial score (nSPS) is 12.4. The molecule has 78 heavy (non-hydrogen) atoms. The Morgan fingerprint density at radius 3 is 1.47 bits per heavy atom. The number of carboxylic acid groups (broad SMARTS) is 1. The molecule has 428 valence electrons. The van der Waals surface area contributed by atoms with Crippen LogP contribution in [0.1, 0.15) is 45.5 Å². The van der Waals surface area contributed by atoms with Crippen LogP contribution in [-0.4, -0.2) is 189 Å². The zero-order valence-corrected chi connectivity index (χ0v) is 45.9. The van der Waals surface area contributed by atoms with Crippen molar-refractivity contribution in [3.63, 3.8) is 0 Å². The summed E-state index contributed by atoms with van der Waals surface area (Å²) < 4.78 is 49.4. The largest absolute Gasteiger partial charge is 0.493 e. The number of amides is 6. The van der Waals surface area contributed by atoms with Crippen LogP contribution in [0.5, 0.6) is 5.75 Å². The molecule has 1 aliphatic rings. The molecule has 0 radical (unpaired) electrons. The van der Waals surface area contributed by atoms with Gasteiger partial charge in [-0.25, -0.2) is 4.79 Å². The third-order valence-electron chi connectivity index (χ3n) is 10.7. The molecule has 3 aromatic carbocycles. The van der Waals surface area contributed by atoms with E-state index < -0.39 is 35.6 Å². The maximum Gasteiger partial charge on any atom is 0.326 e. The summed E-state index contributed by atoms with van der Waals surface area (Å²) in [6, 6.07) is 12.5. The van der Waals surface area contributed by atoms with Gasteiger partial charge in [0.15, 0.2) is 0 Å². The highest BCUT2D eigenvalue weighted by Crippen LogP contribution is 2.31. The number of imide groups is 1. The molecule has 3 aromatic rings. The standard InChI is InChI=1S/C52H65Cl4N5O17/c53-39-3-1-4-40(54)48(39)50(66)59-37-7-5-36(6-8-37)33-43(52(68)69)60-51(67)49-41(55)34-38(35-42(49)56)78-16-2-13-57-45(63)12-17-70-19-21-72-23-25-74-27-29-76-31-32-77-30-28-75-26-24-73-22-20-71-18-14-58-44(62)11-15-61-46(64)9-10-47(61)65/h1,3-10,34-35,43H,2,11-33H2,(H,57,63)(H,58,62)(H,59,66)(H,60,67)(H,68,69). The van der Waals surface area contributed by atoms with Crippen LogP contribution in [-0.2, 0) is 68.3 Å². The molecule has 5 N–H and O–H groups in total. The lowest BCUT2D eigenvalue weighted by molar-refractivity contribution is -0.139. The average Bonchev–Trinajstić information content (AvgIpc) is 3.72. The molecule has 4 rings (SSSR count). The van der Waals surface area contributed by atoms with E-state index in [-0.39, 0.29) is 87.8 Å². The zero-order valence-electron chi connectivity index (χ0n) is 42.8. The third-order valence-corrected chi connectivity index (χ3v) is 11.9. The Kier molecular flexibility index (Phi) is 31.8. The Labute approximate surface area is 471 Å². The predicted molar refractivity (Wildman–Crippen MR) is 288 cm³/mol. The Hall–Kier alpha value is -5.47. The van der Waals surface area contributed by atoms with Crippen LogP contribution in [0, 0.1) is 0 Å². The maximum atomic E-state index is 13.2. The number of hydrogen-bond acceptors (Lipinski definition) is 16. The SMILES string of the molecule is O=C(CCOCCOCCOCCOCCOCCOCCOCCOCCNC(=O)CCN1C(=O)C=CC1=O)NCCCOc1cc(Cl)c(C(=O)NC(Cc2ccc(NC(=O)c3c(Cl)cccc3Cl)cc2)C(=O)O)c(Cl)c1. The number of nitrogens with zero attached hydrogens (tertiary/aromatic N) is 1. The highest BCUT2D eigenvalue weighted by atomic mass is 35.5. The summed E-state index contributed by atoms with van der Waals surface area (Å²) in [5.74, 6) is -3.64. The lowest BCUT2D eigenvalue weighted by Crippen LogP contribution is -2.42. The second-order valence-corrected chi connectivity index (χ2v) is 18.2. The lowest BCUT2D eigenvalue weighted by atomic mass is 10.0. The molecule has 1 atom stereocenters. The van der Waals surface area contributed by atoms with Gasteiger partial charge < -0.3 is 69.0 Å². The van der Waals surface area contributed by atoms with E-state index in [0.717, 1.165) is 4.90 Å². The predicted octanol–water partition coefficient (Wildman–Crippen LogP) is 4.82. The van der Waals surface area contributed by atoms with E-state index in [1.54, 1.807) is 42.5 Å². The van der Waals surface area contributed by atoms with Gasteiger partial charge >= 0.3 is 5.97 Å². The number of rotatable bonds is 42. The second kappa shape index (κ2) is 38.2. The van der Waals surface area contributed by atoms with Crippen LogP contribution in [0.4, 0.5) is 5.69 Å². The van der Waals surface area contributed by atoms with Crippen molar-refractivity contribution >= 4 is 93.5 Å².